The van der Waals surface area contributed by atoms with Gasteiger partial charge in [0.15, 0.2) is 5.69 Å². The third kappa shape index (κ3) is 2.74. The van der Waals surface area contributed by atoms with Gasteiger partial charge in [0, 0.05) is 11.9 Å². The number of fused-ring (bicyclic) bond motifs is 1. The minimum atomic E-state index is -0.391. The summed E-state index contributed by atoms with van der Waals surface area (Å²) < 4.78 is 6.53. The van der Waals surface area contributed by atoms with Gasteiger partial charge in [-0.2, -0.15) is 5.10 Å². The van der Waals surface area contributed by atoms with Crippen molar-refractivity contribution in [2.75, 3.05) is 12.4 Å². The highest BCUT2D eigenvalue weighted by atomic mass is 16.5. The first kappa shape index (κ1) is 15.7. The standard InChI is InChI=1S/C18H17N3O3/c1-3-21-18(23)13-9-5-4-8-12(13)16(20-21)17(22)19-14-10-6-7-11-15(14)24-2/h4-11H,3H2,1-2H3,(H,19,22). The van der Waals surface area contributed by atoms with E-state index in [1.54, 1.807) is 42.5 Å². The normalized spacial score (nSPS) is 10.6. The highest BCUT2D eigenvalue weighted by molar-refractivity contribution is 6.11. The van der Waals surface area contributed by atoms with Gasteiger partial charge in [0.25, 0.3) is 11.5 Å². The first-order valence-electron chi connectivity index (χ1n) is 7.60. The molecular formula is C18H17N3O3. The number of ether oxygens (including phenoxy) is 1. The predicted octanol–water partition coefficient (Wildman–Crippen LogP) is 2.68. The summed E-state index contributed by atoms with van der Waals surface area (Å²) in [6.45, 7) is 2.20. The van der Waals surface area contributed by atoms with Crippen LogP contribution >= 0.6 is 0 Å². The molecule has 0 unspecified atom stereocenters. The number of carbonyl (C=O) groups excluding carboxylic acids is 1. The second-order valence-corrected chi connectivity index (χ2v) is 5.17. The third-order valence-electron chi connectivity index (χ3n) is 3.74. The number of nitrogens with one attached hydrogen (secondary N) is 1. The van der Waals surface area contributed by atoms with Crippen molar-refractivity contribution in [1.29, 1.82) is 0 Å². The summed E-state index contributed by atoms with van der Waals surface area (Å²) >= 11 is 0. The Kier molecular flexibility index (Phi) is 4.29. The van der Waals surface area contributed by atoms with Crippen LogP contribution < -0.4 is 15.6 Å². The quantitative estimate of drug-likeness (QED) is 0.801. The molecule has 1 heterocycles. The molecule has 0 spiro atoms. The first-order chi connectivity index (χ1) is 11.7. The van der Waals surface area contributed by atoms with E-state index in [1.807, 2.05) is 13.0 Å². The lowest BCUT2D eigenvalue weighted by Crippen LogP contribution is -2.27. The molecule has 1 aromatic heterocycles. The number of aryl methyl sites for hydroxylation is 1. The first-order valence-corrected chi connectivity index (χ1v) is 7.60. The van der Waals surface area contributed by atoms with Gasteiger partial charge in [-0.3, -0.25) is 9.59 Å². The van der Waals surface area contributed by atoms with Gasteiger partial charge in [0.2, 0.25) is 0 Å². The topological polar surface area (TPSA) is 73.2 Å². The second kappa shape index (κ2) is 6.54. The van der Waals surface area contributed by atoms with E-state index in [-0.39, 0.29) is 11.3 Å². The summed E-state index contributed by atoms with van der Waals surface area (Å²) in [5.74, 6) is 0.164. The Hall–Kier alpha value is -3.15. The molecule has 0 bridgehead atoms. The molecular weight excluding hydrogens is 306 g/mol. The summed E-state index contributed by atoms with van der Waals surface area (Å²) in [5.41, 5.74) is 0.546. The number of rotatable bonds is 4. The van der Waals surface area contributed by atoms with E-state index in [1.165, 1.54) is 11.8 Å². The van der Waals surface area contributed by atoms with E-state index in [9.17, 15) is 9.59 Å². The lowest BCUT2D eigenvalue weighted by molar-refractivity contribution is 0.102. The fraction of sp³-hybridized carbons (Fsp3) is 0.167. The molecule has 6 heteroatoms. The van der Waals surface area contributed by atoms with E-state index in [4.69, 9.17) is 4.74 Å². The maximum atomic E-state index is 12.7. The lowest BCUT2D eigenvalue weighted by Gasteiger charge is -2.12. The van der Waals surface area contributed by atoms with Gasteiger partial charge < -0.3 is 10.1 Å². The van der Waals surface area contributed by atoms with Crippen LogP contribution in [0.15, 0.2) is 53.3 Å². The van der Waals surface area contributed by atoms with Crippen LogP contribution in [0.1, 0.15) is 17.4 Å². The number of amides is 1. The van der Waals surface area contributed by atoms with Crippen LogP contribution in [0.2, 0.25) is 0 Å². The summed E-state index contributed by atoms with van der Waals surface area (Å²) in [4.78, 5) is 25.1. The molecule has 0 aliphatic rings. The van der Waals surface area contributed by atoms with Crippen LogP contribution in [0.4, 0.5) is 5.69 Å². The molecule has 3 aromatic rings. The van der Waals surface area contributed by atoms with Crippen LogP contribution in [-0.2, 0) is 6.54 Å². The zero-order valence-electron chi connectivity index (χ0n) is 13.4. The summed E-state index contributed by atoms with van der Waals surface area (Å²) in [7, 11) is 1.54. The zero-order chi connectivity index (χ0) is 17.1. The van der Waals surface area contributed by atoms with E-state index < -0.39 is 5.91 Å². The average Bonchev–Trinajstić information content (AvgIpc) is 2.62. The van der Waals surface area contributed by atoms with Gasteiger partial charge in [0.05, 0.1) is 18.2 Å². The van der Waals surface area contributed by atoms with Crippen LogP contribution in [0.5, 0.6) is 5.75 Å². The van der Waals surface area contributed by atoms with Crippen LogP contribution in [-0.4, -0.2) is 22.8 Å². The number of carbonyl (C=O) groups is 1. The number of nitrogens with zero attached hydrogens (tertiary/aromatic N) is 2. The Morgan fingerprint density at radius 3 is 2.50 bits per heavy atom. The second-order valence-electron chi connectivity index (χ2n) is 5.17. The van der Waals surface area contributed by atoms with Crippen molar-refractivity contribution in [3.63, 3.8) is 0 Å². The van der Waals surface area contributed by atoms with Gasteiger partial charge in [0.1, 0.15) is 5.75 Å². The molecule has 6 nitrogen and oxygen atoms in total. The molecule has 24 heavy (non-hydrogen) atoms. The van der Waals surface area contributed by atoms with Crippen LogP contribution in [0, 0.1) is 0 Å². The average molecular weight is 323 g/mol. The van der Waals surface area contributed by atoms with Crippen molar-refractivity contribution in [3.05, 3.63) is 64.6 Å². The van der Waals surface area contributed by atoms with Crippen molar-refractivity contribution < 1.29 is 9.53 Å². The maximum Gasteiger partial charge on any atom is 0.276 e. The maximum absolute atomic E-state index is 12.7. The lowest BCUT2D eigenvalue weighted by atomic mass is 10.1. The molecule has 0 radical (unpaired) electrons. The molecule has 3 rings (SSSR count). The highest BCUT2D eigenvalue weighted by Gasteiger charge is 2.17. The SMILES string of the molecule is CCn1nc(C(=O)Nc2ccccc2OC)c2ccccc2c1=O. The largest absolute Gasteiger partial charge is 0.495 e. The molecule has 0 atom stereocenters. The molecule has 0 saturated carbocycles. The van der Waals surface area contributed by atoms with Crippen LogP contribution in [0.25, 0.3) is 10.8 Å². The predicted molar refractivity (Wildman–Crippen MR) is 92.6 cm³/mol. The number of hydrogen-bond donors (Lipinski definition) is 1. The van der Waals surface area contributed by atoms with Crippen LogP contribution in [0.3, 0.4) is 0 Å². The Balaban J connectivity index is 2.10. The monoisotopic (exact) mass is 323 g/mol. The van der Waals surface area contributed by atoms with Gasteiger partial charge in [-0.25, -0.2) is 4.68 Å². The number of hydrogen-bond acceptors (Lipinski definition) is 4. The van der Waals surface area contributed by atoms with Crippen molar-refractivity contribution in [1.82, 2.24) is 9.78 Å². The minimum Gasteiger partial charge on any atom is -0.495 e. The molecule has 0 saturated heterocycles. The van der Waals surface area contributed by atoms with E-state index >= 15 is 0 Å². The van der Waals surface area contributed by atoms with E-state index in [2.05, 4.69) is 10.4 Å². The highest BCUT2D eigenvalue weighted by Crippen LogP contribution is 2.24. The Morgan fingerprint density at radius 2 is 1.79 bits per heavy atom. The molecule has 0 fully saturated rings. The van der Waals surface area contributed by atoms with Gasteiger partial charge in [-0.05, 0) is 25.1 Å². The summed E-state index contributed by atoms with van der Waals surface area (Å²) in [5, 5.41) is 8.02. The number of para-hydroxylation sites is 2. The van der Waals surface area contributed by atoms with Crippen molar-refractivity contribution in [3.8, 4) is 5.75 Å². The molecule has 0 aliphatic heterocycles. The number of methoxy groups -OCH3 is 1. The Morgan fingerprint density at radius 1 is 1.12 bits per heavy atom. The summed E-state index contributed by atoms with van der Waals surface area (Å²) in [6.07, 6.45) is 0. The number of benzene rings is 2. The van der Waals surface area contributed by atoms with Gasteiger partial charge in [-0.15, -0.1) is 0 Å². The zero-order valence-corrected chi connectivity index (χ0v) is 13.4. The molecule has 2 aromatic carbocycles. The minimum absolute atomic E-state index is 0.206. The Labute approximate surface area is 138 Å². The van der Waals surface area contributed by atoms with Gasteiger partial charge >= 0.3 is 0 Å². The van der Waals surface area contributed by atoms with Gasteiger partial charge in [-0.1, -0.05) is 30.3 Å². The molecule has 1 N–H and O–H groups in total. The number of aromatic nitrogens is 2. The Bertz CT molecular complexity index is 963. The molecule has 0 aliphatic carbocycles. The molecule has 1 amide bonds. The van der Waals surface area contributed by atoms with E-state index in [0.29, 0.717) is 28.8 Å². The van der Waals surface area contributed by atoms with Crippen molar-refractivity contribution in [2.45, 2.75) is 13.5 Å². The molecule has 122 valence electrons. The van der Waals surface area contributed by atoms with Crippen molar-refractivity contribution in [2.24, 2.45) is 0 Å². The number of anilines is 1. The third-order valence-corrected chi connectivity index (χ3v) is 3.74. The fourth-order valence-corrected chi connectivity index (χ4v) is 2.55. The smallest absolute Gasteiger partial charge is 0.276 e. The van der Waals surface area contributed by atoms with Crippen molar-refractivity contribution >= 4 is 22.4 Å². The van der Waals surface area contributed by atoms with E-state index in [0.717, 1.165) is 0 Å². The summed E-state index contributed by atoms with van der Waals surface area (Å²) in [6, 6.07) is 14.1. The fourth-order valence-electron chi connectivity index (χ4n) is 2.55.